The maximum absolute atomic E-state index is 5.18. The van der Waals surface area contributed by atoms with Crippen LogP contribution in [0, 0.1) is 0 Å². The summed E-state index contributed by atoms with van der Waals surface area (Å²) in [5.74, 6) is 1.91. The molecule has 0 bridgehead atoms. The molecule has 1 spiro atoms. The molecule has 0 saturated heterocycles. The summed E-state index contributed by atoms with van der Waals surface area (Å²) in [4.78, 5) is 17.9. The summed E-state index contributed by atoms with van der Waals surface area (Å²) < 4.78 is 0. The van der Waals surface area contributed by atoms with Crippen LogP contribution in [0.3, 0.4) is 0 Å². The summed E-state index contributed by atoms with van der Waals surface area (Å²) in [5, 5.41) is 0. The number of hydrogen-bond donors (Lipinski definition) is 0. The van der Waals surface area contributed by atoms with Crippen LogP contribution in [0.1, 0.15) is 22.3 Å². The van der Waals surface area contributed by atoms with E-state index in [1.807, 2.05) is 42.1 Å². The molecule has 0 fully saturated rings. The normalized spacial score (nSPS) is 12.9. The molecular weight excluding hydrogens is 771 g/mol. The second kappa shape index (κ2) is 14.8. The van der Waals surface area contributed by atoms with Crippen molar-refractivity contribution in [3.8, 4) is 78.7 Å². The number of nitrogens with zero attached hydrogens (tertiary/aromatic N) is 3. The molecule has 0 saturated carbocycles. The average Bonchev–Trinajstić information content (AvgIpc) is 3.65. The lowest BCUT2D eigenvalue weighted by Crippen LogP contribution is -2.31. The molecule has 0 amide bonds. The first-order valence-corrected chi connectivity index (χ1v) is 21.8. The Bertz CT molecular complexity index is 3290. The van der Waals surface area contributed by atoms with Crippen LogP contribution >= 0.6 is 11.8 Å². The molecule has 9 aromatic carbocycles. The fourth-order valence-electron chi connectivity index (χ4n) is 9.65. The SMILES string of the molecule is c1ccc(-c2nc(-c3cccc(-c4cccc(-c5ccc6c(c5)Sc5ccccc5C65c6ccccc6-c6ccccc65)c4)c3)nc(-c3ccccc3-c3ccccc3)n2)cc1. The fourth-order valence-corrected chi connectivity index (χ4v) is 10.9. The number of rotatable bonds is 6. The lowest BCUT2D eigenvalue weighted by molar-refractivity contribution is 0.722. The average molecular weight is 808 g/mol. The van der Waals surface area contributed by atoms with Gasteiger partial charge in [0.2, 0.25) is 0 Å². The van der Waals surface area contributed by atoms with Crippen molar-refractivity contribution in [1.82, 2.24) is 15.0 Å². The van der Waals surface area contributed by atoms with Crippen LogP contribution in [-0.4, -0.2) is 15.0 Å². The van der Waals surface area contributed by atoms with E-state index in [1.165, 1.54) is 54.3 Å². The van der Waals surface area contributed by atoms with Crippen LogP contribution in [0.15, 0.2) is 234 Å². The van der Waals surface area contributed by atoms with Gasteiger partial charge in [-0.2, -0.15) is 0 Å². The number of hydrogen-bond acceptors (Lipinski definition) is 4. The highest BCUT2D eigenvalue weighted by molar-refractivity contribution is 7.99. The van der Waals surface area contributed by atoms with Crippen molar-refractivity contribution < 1.29 is 0 Å². The third-order valence-electron chi connectivity index (χ3n) is 12.4. The molecule has 4 heteroatoms. The van der Waals surface area contributed by atoms with E-state index in [2.05, 4.69) is 194 Å². The van der Waals surface area contributed by atoms with Gasteiger partial charge in [-0.3, -0.25) is 0 Å². The van der Waals surface area contributed by atoms with E-state index >= 15 is 0 Å². The van der Waals surface area contributed by atoms with Gasteiger partial charge in [-0.05, 0) is 91.0 Å². The zero-order chi connectivity index (χ0) is 41.0. The monoisotopic (exact) mass is 807 g/mol. The third-order valence-corrected chi connectivity index (χ3v) is 13.6. The van der Waals surface area contributed by atoms with E-state index < -0.39 is 0 Å². The molecule has 1 aliphatic heterocycles. The van der Waals surface area contributed by atoms with Crippen LogP contribution in [0.5, 0.6) is 0 Å². The van der Waals surface area contributed by atoms with Gasteiger partial charge >= 0.3 is 0 Å². The number of fused-ring (bicyclic) bond motifs is 9. The fraction of sp³-hybridized carbons (Fsp3) is 0.0172. The lowest BCUT2D eigenvalue weighted by atomic mass is 9.67. The first-order valence-electron chi connectivity index (χ1n) is 21.0. The Kier molecular flexibility index (Phi) is 8.65. The molecule has 10 aromatic rings. The smallest absolute Gasteiger partial charge is 0.164 e. The van der Waals surface area contributed by atoms with Crippen molar-refractivity contribution in [2.24, 2.45) is 0 Å². The van der Waals surface area contributed by atoms with Gasteiger partial charge in [0.05, 0.1) is 5.41 Å². The van der Waals surface area contributed by atoms with Gasteiger partial charge in [0, 0.05) is 26.5 Å². The van der Waals surface area contributed by atoms with Gasteiger partial charge in [0.25, 0.3) is 0 Å². The van der Waals surface area contributed by atoms with E-state index in [0.29, 0.717) is 17.5 Å². The standard InChI is InChI=1S/C58H37N3S/c1-3-17-38(18-4-1)45-25-7-8-28-48(45)57-60-55(39-19-5-2-6-20-39)59-56(61-57)44-24-16-23-42(36-44)40-21-15-22-41(35-40)43-33-34-52-54(37-43)62-53-32-14-13-31-51(53)58(52)49-29-11-9-26-46(49)47-27-10-12-30-50(47)58/h1-37H. The molecule has 290 valence electrons. The lowest BCUT2D eigenvalue weighted by Gasteiger charge is -2.39. The summed E-state index contributed by atoms with van der Waals surface area (Å²) in [6.45, 7) is 0. The minimum atomic E-state index is -0.385. The van der Waals surface area contributed by atoms with E-state index in [9.17, 15) is 0 Å². The zero-order valence-electron chi connectivity index (χ0n) is 33.6. The van der Waals surface area contributed by atoms with E-state index in [0.717, 1.165) is 38.9 Å². The molecule has 3 nitrogen and oxygen atoms in total. The van der Waals surface area contributed by atoms with Gasteiger partial charge < -0.3 is 0 Å². The second-order valence-electron chi connectivity index (χ2n) is 15.9. The molecule has 1 aromatic heterocycles. The quantitative estimate of drug-likeness (QED) is 0.168. The van der Waals surface area contributed by atoms with Gasteiger partial charge in [-0.25, -0.2) is 15.0 Å². The Balaban J connectivity index is 0.947. The Morgan fingerprint density at radius 1 is 0.258 bits per heavy atom. The van der Waals surface area contributed by atoms with Crippen LogP contribution in [-0.2, 0) is 5.41 Å². The predicted octanol–water partition coefficient (Wildman–Crippen LogP) is 14.7. The summed E-state index contributed by atoms with van der Waals surface area (Å²) in [5.41, 5.74) is 17.2. The molecule has 2 heterocycles. The molecule has 0 radical (unpaired) electrons. The van der Waals surface area contributed by atoms with Gasteiger partial charge in [0.15, 0.2) is 17.5 Å². The Morgan fingerprint density at radius 3 is 1.35 bits per heavy atom. The highest BCUT2D eigenvalue weighted by Crippen LogP contribution is 2.62. The molecule has 62 heavy (non-hydrogen) atoms. The Hall–Kier alpha value is -7.66. The van der Waals surface area contributed by atoms with Crippen molar-refractivity contribution in [3.05, 3.63) is 247 Å². The maximum atomic E-state index is 5.18. The maximum Gasteiger partial charge on any atom is 0.164 e. The number of benzene rings is 9. The molecule has 1 aliphatic carbocycles. The van der Waals surface area contributed by atoms with Crippen LogP contribution in [0.25, 0.3) is 78.7 Å². The summed E-state index contributed by atoms with van der Waals surface area (Å²) in [6.07, 6.45) is 0. The van der Waals surface area contributed by atoms with E-state index in [4.69, 9.17) is 15.0 Å². The van der Waals surface area contributed by atoms with Crippen molar-refractivity contribution >= 4 is 11.8 Å². The van der Waals surface area contributed by atoms with Crippen LogP contribution in [0.2, 0.25) is 0 Å². The van der Waals surface area contributed by atoms with Gasteiger partial charge in [-0.1, -0.05) is 212 Å². The van der Waals surface area contributed by atoms with Crippen molar-refractivity contribution in [2.75, 3.05) is 0 Å². The first kappa shape index (κ1) is 36.2. The highest BCUT2D eigenvalue weighted by atomic mass is 32.2. The van der Waals surface area contributed by atoms with Crippen molar-refractivity contribution in [2.45, 2.75) is 15.2 Å². The molecule has 2 aliphatic rings. The zero-order valence-corrected chi connectivity index (χ0v) is 34.4. The summed E-state index contributed by atoms with van der Waals surface area (Å²) >= 11 is 1.88. The first-order chi connectivity index (χ1) is 30.7. The van der Waals surface area contributed by atoms with Gasteiger partial charge in [-0.15, -0.1) is 0 Å². The Morgan fingerprint density at radius 2 is 0.694 bits per heavy atom. The van der Waals surface area contributed by atoms with E-state index in [-0.39, 0.29) is 5.41 Å². The minimum absolute atomic E-state index is 0.385. The van der Waals surface area contributed by atoms with Gasteiger partial charge in [0.1, 0.15) is 0 Å². The highest BCUT2D eigenvalue weighted by Gasteiger charge is 2.50. The molecule has 0 N–H and O–H groups in total. The summed E-state index contributed by atoms with van der Waals surface area (Å²) in [7, 11) is 0. The number of aromatic nitrogens is 3. The largest absolute Gasteiger partial charge is 0.208 e. The van der Waals surface area contributed by atoms with Crippen molar-refractivity contribution in [1.29, 1.82) is 0 Å². The van der Waals surface area contributed by atoms with Crippen molar-refractivity contribution in [3.63, 3.8) is 0 Å². The minimum Gasteiger partial charge on any atom is -0.208 e. The molecule has 0 atom stereocenters. The van der Waals surface area contributed by atoms with Crippen LogP contribution in [0.4, 0.5) is 0 Å². The van der Waals surface area contributed by atoms with E-state index in [1.54, 1.807) is 0 Å². The summed E-state index contributed by atoms with van der Waals surface area (Å²) in [6, 6.07) is 80.4. The molecule has 0 unspecified atom stereocenters. The van der Waals surface area contributed by atoms with Crippen LogP contribution < -0.4 is 0 Å². The predicted molar refractivity (Wildman–Crippen MR) is 254 cm³/mol. The Labute approximate surface area is 365 Å². The topological polar surface area (TPSA) is 38.7 Å². The molecular formula is C58H37N3S. The third kappa shape index (κ3) is 5.87. The molecule has 12 rings (SSSR count). The second-order valence-corrected chi connectivity index (χ2v) is 17.0.